The van der Waals surface area contributed by atoms with Gasteiger partial charge in [-0.2, -0.15) is 0 Å². The highest BCUT2D eigenvalue weighted by molar-refractivity contribution is 6.45. The number of amides is 2. The lowest BCUT2D eigenvalue weighted by atomic mass is 9.43. The molecule has 3 heterocycles. The minimum atomic E-state index is -1.20. The summed E-state index contributed by atoms with van der Waals surface area (Å²) in [5, 5.41) is 9.57. The molecule has 52 heavy (non-hydrogen) atoms. The third kappa shape index (κ3) is 7.32. The predicted octanol–water partition coefficient (Wildman–Crippen LogP) is 4.90. The SMILES string of the molecule is CC(C)(C)OC(=O)Oc1c(CCB2O[C@@H]3C[C@@H]4C[C@@H](C4(C)C)[C@]3(C)O2)ccc(OC2CN([C@@H]3CCN(C(=O)O)[C@@H]3C(N)=O)C2)c1C(=O)OC(C)(C)C. The zero-order chi connectivity index (χ0) is 38.1. The molecule has 0 aromatic heterocycles. The molecule has 15 heteroatoms. The molecule has 3 aliphatic heterocycles. The van der Waals surface area contributed by atoms with Gasteiger partial charge in [-0.3, -0.25) is 14.6 Å². The van der Waals surface area contributed by atoms with Crippen LogP contribution in [0.3, 0.4) is 0 Å². The molecule has 7 rings (SSSR count). The summed E-state index contributed by atoms with van der Waals surface area (Å²) in [6.07, 6.45) is 0.758. The maximum Gasteiger partial charge on any atom is 0.514 e. The van der Waals surface area contributed by atoms with Gasteiger partial charge in [0.25, 0.3) is 0 Å². The highest BCUT2D eigenvalue weighted by Crippen LogP contribution is 2.65. The maximum absolute atomic E-state index is 14.0. The van der Waals surface area contributed by atoms with E-state index in [1.165, 1.54) is 0 Å². The van der Waals surface area contributed by atoms with Gasteiger partial charge < -0.3 is 39.1 Å². The van der Waals surface area contributed by atoms with Gasteiger partial charge in [-0.05, 0) is 109 Å². The molecule has 286 valence electrons. The van der Waals surface area contributed by atoms with E-state index < -0.39 is 60.6 Å². The van der Waals surface area contributed by atoms with E-state index in [0.29, 0.717) is 49.7 Å². The molecule has 3 saturated heterocycles. The Morgan fingerprint density at radius 2 is 1.69 bits per heavy atom. The van der Waals surface area contributed by atoms with E-state index in [4.69, 9.17) is 34.0 Å². The summed E-state index contributed by atoms with van der Waals surface area (Å²) in [5.74, 6) is -0.300. The van der Waals surface area contributed by atoms with Crippen molar-refractivity contribution in [3.63, 3.8) is 0 Å². The summed E-state index contributed by atoms with van der Waals surface area (Å²) in [6, 6.07) is 2.06. The van der Waals surface area contributed by atoms with Crippen LogP contribution in [-0.2, 0) is 30.0 Å². The molecule has 6 atom stereocenters. The van der Waals surface area contributed by atoms with Crippen molar-refractivity contribution < 1.29 is 52.5 Å². The van der Waals surface area contributed by atoms with Crippen LogP contribution in [0, 0.1) is 17.3 Å². The normalized spacial score (nSPS) is 29.8. The van der Waals surface area contributed by atoms with Crippen molar-refractivity contribution in [1.82, 2.24) is 9.80 Å². The standard InChI is InChI=1S/C37H54BN3O11/c1-34(2,3)49-31(43)27-24(47-22-18-40(19-22)23-13-15-41(32(44)45)28(23)30(39)42)11-10-20(29(27)48-33(46)50-35(4,5)6)12-14-38-51-26-17-21-16-25(36(21,7)8)37(26,9)52-38/h10-11,21-23,25-26,28H,12-19H2,1-9H3,(H2,39,42)(H,44,45)/t21-,23+,25-,26+,28-,37-/m0/s1. The summed E-state index contributed by atoms with van der Waals surface area (Å²) >= 11 is 0. The number of rotatable bonds is 9. The molecule has 3 saturated carbocycles. The van der Waals surface area contributed by atoms with Crippen LogP contribution in [-0.4, -0.2) is 107 Å². The second-order valence-electron chi connectivity index (χ2n) is 17.8. The van der Waals surface area contributed by atoms with Crippen molar-refractivity contribution in [3.8, 4) is 11.5 Å². The highest BCUT2D eigenvalue weighted by Gasteiger charge is 2.67. The van der Waals surface area contributed by atoms with Gasteiger partial charge in [0.05, 0.1) is 11.7 Å². The van der Waals surface area contributed by atoms with Crippen molar-refractivity contribution in [2.24, 2.45) is 23.0 Å². The first-order chi connectivity index (χ1) is 24.1. The molecule has 3 aliphatic carbocycles. The van der Waals surface area contributed by atoms with Crippen molar-refractivity contribution in [2.45, 2.75) is 135 Å². The molecule has 3 N–H and O–H groups in total. The second kappa shape index (κ2) is 13.4. The molecule has 2 bridgehead atoms. The Morgan fingerprint density at radius 1 is 1.02 bits per heavy atom. The average Bonchev–Trinajstić information content (AvgIpc) is 3.57. The van der Waals surface area contributed by atoms with E-state index in [9.17, 15) is 24.3 Å². The molecule has 2 amide bonds. The number of carbonyl (C=O) groups excluding carboxylic acids is 3. The lowest BCUT2D eigenvalue weighted by Gasteiger charge is -2.64. The lowest BCUT2D eigenvalue weighted by molar-refractivity contribution is -0.199. The molecular formula is C37H54BN3O11. The molecule has 1 aromatic rings. The van der Waals surface area contributed by atoms with Crippen molar-refractivity contribution in [1.29, 1.82) is 0 Å². The number of ether oxygens (including phenoxy) is 4. The third-order valence-corrected chi connectivity index (χ3v) is 11.6. The number of esters is 1. The fraction of sp³-hybridized carbons (Fsp3) is 0.730. The van der Waals surface area contributed by atoms with Gasteiger partial charge in [0.15, 0.2) is 5.75 Å². The minimum absolute atomic E-state index is 0.0107. The number of hydrogen-bond acceptors (Lipinski definition) is 11. The van der Waals surface area contributed by atoms with Crippen LogP contribution < -0.4 is 15.2 Å². The van der Waals surface area contributed by atoms with Gasteiger partial charge >= 0.3 is 25.3 Å². The Bertz CT molecular complexity index is 1600. The van der Waals surface area contributed by atoms with Crippen molar-refractivity contribution in [2.75, 3.05) is 19.6 Å². The van der Waals surface area contributed by atoms with Crippen LogP contribution in [0.15, 0.2) is 12.1 Å². The summed E-state index contributed by atoms with van der Waals surface area (Å²) in [6.45, 7) is 18.1. The summed E-state index contributed by atoms with van der Waals surface area (Å²) < 4.78 is 36.7. The number of nitrogens with zero attached hydrogens (tertiary/aromatic N) is 2. The predicted molar refractivity (Wildman–Crippen MR) is 189 cm³/mol. The van der Waals surface area contributed by atoms with Crippen LogP contribution >= 0.6 is 0 Å². The van der Waals surface area contributed by atoms with Crippen molar-refractivity contribution in [3.05, 3.63) is 23.3 Å². The van der Waals surface area contributed by atoms with Gasteiger partial charge in [0.1, 0.15) is 34.7 Å². The monoisotopic (exact) mass is 727 g/mol. The number of nitrogens with two attached hydrogens (primary N) is 1. The van der Waals surface area contributed by atoms with E-state index in [1.807, 2.05) is 4.90 Å². The molecule has 14 nitrogen and oxygen atoms in total. The number of benzene rings is 1. The maximum atomic E-state index is 14.0. The number of hydrogen-bond donors (Lipinski definition) is 2. The second-order valence-corrected chi connectivity index (χ2v) is 17.8. The third-order valence-electron chi connectivity index (χ3n) is 11.6. The van der Waals surface area contributed by atoms with Gasteiger partial charge in [0, 0.05) is 25.7 Å². The first kappa shape index (κ1) is 38.2. The Balaban J connectivity index is 1.25. The number of carbonyl (C=O) groups is 4. The summed E-state index contributed by atoms with van der Waals surface area (Å²) in [5.41, 5.74) is 4.18. The Kier molecular flexibility index (Phi) is 9.83. The van der Waals surface area contributed by atoms with E-state index in [1.54, 1.807) is 53.7 Å². The molecule has 0 radical (unpaired) electrons. The summed E-state index contributed by atoms with van der Waals surface area (Å²) in [7, 11) is -0.474. The molecule has 6 aliphatic rings. The number of carboxylic acid groups (broad SMARTS) is 1. The highest BCUT2D eigenvalue weighted by atomic mass is 16.7. The summed E-state index contributed by atoms with van der Waals surface area (Å²) in [4.78, 5) is 54.1. The molecular weight excluding hydrogens is 673 g/mol. The first-order valence-electron chi connectivity index (χ1n) is 18.4. The molecule has 6 fully saturated rings. The van der Waals surface area contributed by atoms with Crippen LogP contribution in [0.25, 0.3) is 0 Å². The Hall–Kier alpha value is -3.56. The lowest BCUT2D eigenvalue weighted by Crippen LogP contribution is -2.65. The van der Waals surface area contributed by atoms with E-state index in [2.05, 4.69) is 20.8 Å². The van der Waals surface area contributed by atoms with Crippen LogP contribution in [0.2, 0.25) is 6.32 Å². The largest absolute Gasteiger partial charge is 0.514 e. The van der Waals surface area contributed by atoms with Gasteiger partial charge in [0.2, 0.25) is 5.91 Å². The zero-order valence-corrected chi connectivity index (χ0v) is 31.9. The number of primary amides is 1. The fourth-order valence-corrected chi connectivity index (χ4v) is 8.96. The average molecular weight is 728 g/mol. The van der Waals surface area contributed by atoms with E-state index in [-0.39, 0.29) is 40.7 Å². The van der Waals surface area contributed by atoms with E-state index in [0.717, 1.165) is 17.7 Å². The minimum Gasteiger partial charge on any atom is -0.487 e. The van der Waals surface area contributed by atoms with Gasteiger partial charge in [-0.1, -0.05) is 19.9 Å². The fourth-order valence-electron chi connectivity index (χ4n) is 8.96. The van der Waals surface area contributed by atoms with Crippen LogP contribution in [0.1, 0.15) is 97.5 Å². The van der Waals surface area contributed by atoms with Crippen molar-refractivity contribution >= 4 is 31.2 Å². The van der Waals surface area contributed by atoms with Crippen LogP contribution in [0.5, 0.6) is 11.5 Å². The topological polar surface area (TPSA) is 176 Å². The Morgan fingerprint density at radius 3 is 2.29 bits per heavy atom. The number of aryl methyl sites for hydroxylation is 1. The molecule has 1 aromatic carbocycles. The molecule has 0 spiro atoms. The van der Waals surface area contributed by atoms with Gasteiger partial charge in [-0.15, -0.1) is 0 Å². The quantitative estimate of drug-likeness (QED) is 0.200. The first-order valence-corrected chi connectivity index (χ1v) is 18.4. The Labute approximate surface area is 306 Å². The number of likely N-dealkylation sites (tertiary alicyclic amines) is 2. The molecule has 0 unspecified atom stereocenters. The van der Waals surface area contributed by atoms with Gasteiger partial charge in [-0.25, -0.2) is 14.4 Å². The van der Waals surface area contributed by atoms with Crippen LogP contribution in [0.4, 0.5) is 9.59 Å². The smallest absolute Gasteiger partial charge is 0.487 e. The zero-order valence-electron chi connectivity index (χ0n) is 31.9. The van der Waals surface area contributed by atoms with E-state index >= 15 is 0 Å².